The van der Waals surface area contributed by atoms with Crippen LogP contribution in [0.25, 0.3) is 0 Å². The van der Waals surface area contributed by atoms with Gasteiger partial charge in [-0.15, -0.1) is 0 Å². The highest BCUT2D eigenvalue weighted by atomic mass is 32.2. The van der Waals surface area contributed by atoms with Crippen LogP contribution in [0.4, 0.5) is 31.9 Å². The van der Waals surface area contributed by atoms with Crippen LogP contribution in [-0.4, -0.2) is 68.3 Å². The molecular weight excluding hydrogens is 589 g/mol. The Morgan fingerprint density at radius 2 is 1.62 bits per heavy atom. The van der Waals surface area contributed by atoms with E-state index < -0.39 is 29.3 Å². The summed E-state index contributed by atoms with van der Waals surface area (Å²) in [5, 5.41) is 5.88. The minimum absolute atomic E-state index is 0.125. The summed E-state index contributed by atoms with van der Waals surface area (Å²) in [5.41, 5.74) is 0.879. The van der Waals surface area contributed by atoms with Gasteiger partial charge >= 0.3 is 7.60 Å². The van der Waals surface area contributed by atoms with Crippen molar-refractivity contribution in [2.75, 3.05) is 49.6 Å². The Bertz CT molecular complexity index is 1480. The van der Waals surface area contributed by atoms with E-state index in [2.05, 4.69) is 30.2 Å². The molecule has 1 aliphatic rings. The summed E-state index contributed by atoms with van der Waals surface area (Å²) in [4.78, 5) is 10.7. The van der Waals surface area contributed by atoms with Gasteiger partial charge < -0.3 is 24.6 Å². The summed E-state index contributed by atoms with van der Waals surface area (Å²) in [6.07, 6.45) is 3.03. The van der Waals surface area contributed by atoms with Gasteiger partial charge in [0.25, 0.3) is 0 Å². The first kappa shape index (κ1) is 31.9. The van der Waals surface area contributed by atoms with E-state index in [1.807, 2.05) is 0 Å². The molecule has 3 aromatic rings. The maximum Gasteiger partial charge on any atom is 0.331 e. The molecule has 0 aliphatic carbocycles. The zero-order chi connectivity index (χ0) is 30.2. The minimum Gasteiger partial charge on any atom is -0.340 e. The Morgan fingerprint density at radius 3 is 2.26 bits per heavy atom. The van der Waals surface area contributed by atoms with Crippen LogP contribution in [0, 0.1) is 11.6 Å². The number of sulfonamides is 1. The minimum atomic E-state index is -3.74. The highest BCUT2D eigenvalue weighted by molar-refractivity contribution is 7.89. The van der Waals surface area contributed by atoms with Crippen molar-refractivity contribution in [2.45, 2.75) is 37.6 Å². The Morgan fingerprint density at radius 1 is 0.952 bits per heavy atom. The fourth-order valence-corrected chi connectivity index (χ4v) is 7.39. The molecule has 1 aliphatic heterocycles. The summed E-state index contributed by atoms with van der Waals surface area (Å²) in [6.45, 7) is 6.08. The third-order valence-corrected chi connectivity index (χ3v) is 10.1. The number of hydrogen-bond acceptors (Lipinski definition) is 10. The lowest BCUT2D eigenvalue weighted by atomic mass is 10.1. The molecule has 42 heavy (non-hydrogen) atoms. The van der Waals surface area contributed by atoms with Gasteiger partial charge in [0.05, 0.1) is 24.3 Å². The molecule has 11 nitrogen and oxygen atoms in total. The predicted octanol–water partition coefficient (Wildman–Crippen LogP) is 5.25. The third kappa shape index (κ3) is 9.00. The number of likely N-dealkylation sites (tertiary alicyclic amines) is 1. The van der Waals surface area contributed by atoms with E-state index in [-0.39, 0.29) is 16.9 Å². The smallest absolute Gasteiger partial charge is 0.331 e. The maximum atomic E-state index is 13.5. The van der Waals surface area contributed by atoms with E-state index in [4.69, 9.17) is 9.05 Å². The van der Waals surface area contributed by atoms with Crippen molar-refractivity contribution in [3.63, 3.8) is 0 Å². The van der Waals surface area contributed by atoms with E-state index in [1.54, 1.807) is 32.0 Å². The summed E-state index contributed by atoms with van der Waals surface area (Å²) < 4.78 is 78.9. The zero-order valence-electron chi connectivity index (χ0n) is 23.4. The molecule has 15 heteroatoms. The van der Waals surface area contributed by atoms with Crippen molar-refractivity contribution in [3.8, 4) is 0 Å². The molecule has 3 N–H and O–H groups in total. The highest BCUT2D eigenvalue weighted by Gasteiger charge is 2.28. The summed E-state index contributed by atoms with van der Waals surface area (Å²) in [5.74, 6) is -1.35. The van der Waals surface area contributed by atoms with Crippen LogP contribution in [0.5, 0.6) is 0 Å². The first-order valence-electron chi connectivity index (χ1n) is 13.6. The van der Waals surface area contributed by atoms with E-state index >= 15 is 0 Å². The predicted molar refractivity (Wildman–Crippen MR) is 157 cm³/mol. The number of halogens is 2. The molecule has 0 amide bonds. The van der Waals surface area contributed by atoms with Gasteiger partial charge in [-0.2, -0.15) is 4.98 Å². The monoisotopic (exact) mass is 624 g/mol. The van der Waals surface area contributed by atoms with Crippen LogP contribution in [-0.2, 0) is 23.6 Å². The number of benzene rings is 2. The van der Waals surface area contributed by atoms with E-state index in [9.17, 15) is 21.8 Å². The van der Waals surface area contributed by atoms with Gasteiger partial charge in [0.15, 0.2) is 11.6 Å². The second-order valence-electron chi connectivity index (χ2n) is 9.58. The SMILES string of the molecule is CCOP(=O)(CCN1CCC(NS(=O)(=O)c2ccc(Nc3nccc(Nc4ccc(F)c(F)c4)n3)cc2)CC1)OCC. The molecule has 0 spiro atoms. The number of rotatable bonds is 14. The molecule has 4 rings (SSSR count). The zero-order valence-corrected chi connectivity index (χ0v) is 25.1. The lowest BCUT2D eigenvalue weighted by molar-refractivity contribution is 0.195. The largest absolute Gasteiger partial charge is 0.340 e. The molecule has 0 radical (unpaired) electrons. The molecule has 2 aromatic carbocycles. The van der Waals surface area contributed by atoms with Crippen LogP contribution in [0.2, 0.25) is 0 Å². The Balaban J connectivity index is 1.28. The standard InChI is InChI=1S/C27H35F2N6O5PS/c1-3-39-41(36,40-4-2)18-17-35-15-12-21(13-16-35)34-42(37,38)23-8-5-20(6-9-23)32-27-30-14-11-26(33-27)31-22-7-10-24(28)25(29)19-22/h5-11,14,19,21,34H,3-4,12-13,15-18H2,1-2H3,(H2,30,31,32,33). The fraction of sp³-hybridized carbons (Fsp3) is 0.407. The van der Waals surface area contributed by atoms with Crippen molar-refractivity contribution in [2.24, 2.45) is 0 Å². The second kappa shape index (κ2) is 14.5. The van der Waals surface area contributed by atoms with Gasteiger partial charge in [-0.25, -0.2) is 26.9 Å². The normalized spacial score (nSPS) is 15.0. The molecule has 0 unspecified atom stereocenters. The van der Waals surface area contributed by atoms with Crippen LogP contribution in [0.1, 0.15) is 26.7 Å². The Labute approximate surface area is 244 Å². The molecule has 1 saturated heterocycles. The molecule has 228 valence electrons. The molecule has 0 bridgehead atoms. The van der Waals surface area contributed by atoms with Crippen molar-refractivity contribution in [3.05, 3.63) is 66.4 Å². The van der Waals surface area contributed by atoms with E-state index in [0.29, 0.717) is 69.0 Å². The highest BCUT2D eigenvalue weighted by Crippen LogP contribution is 2.47. The first-order chi connectivity index (χ1) is 20.1. The topological polar surface area (TPSA) is 135 Å². The van der Waals surface area contributed by atoms with Crippen molar-refractivity contribution < 1.29 is 30.8 Å². The van der Waals surface area contributed by atoms with Gasteiger partial charge in [0, 0.05) is 36.2 Å². The summed E-state index contributed by atoms with van der Waals surface area (Å²) in [6, 6.07) is 11.0. The Kier molecular flexibility index (Phi) is 11.0. The lowest BCUT2D eigenvalue weighted by Gasteiger charge is -2.32. The Hall–Kier alpha value is -3.00. The van der Waals surface area contributed by atoms with E-state index in [0.717, 1.165) is 12.1 Å². The lowest BCUT2D eigenvalue weighted by Crippen LogP contribution is -2.45. The van der Waals surface area contributed by atoms with Crippen molar-refractivity contribution >= 4 is 40.8 Å². The molecule has 2 heterocycles. The average molecular weight is 625 g/mol. The number of hydrogen-bond donors (Lipinski definition) is 3. The van der Waals surface area contributed by atoms with Crippen LogP contribution < -0.4 is 15.4 Å². The molecule has 1 aromatic heterocycles. The number of aromatic nitrogens is 2. The number of nitrogens with zero attached hydrogens (tertiary/aromatic N) is 3. The van der Waals surface area contributed by atoms with Crippen molar-refractivity contribution in [1.82, 2.24) is 19.6 Å². The maximum absolute atomic E-state index is 13.5. The first-order valence-corrected chi connectivity index (χ1v) is 16.9. The van der Waals surface area contributed by atoms with Gasteiger partial charge in [-0.05, 0) is 82.2 Å². The molecule has 0 atom stereocenters. The van der Waals surface area contributed by atoms with Crippen LogP contribution in [0.15, 0.2) is 59.6 Å². The van der Waals surface area contributed by atoms with Gasteiger partial charge in [0.1, 0.15) is 5.82 Å². The average Bonchev–Trinajstić information content (AvgIpc) is 2.95. The molecule has 1 fully saturated rings. The van der Waals surface area contributed by atoms with Gasteiger partial charge in [0.2, 0.25) is 16.0 Å². The van der Waals surface area contributed by atoms with E-state index in [1.165, 1.54) is 24.4 Å². The van der Waals surface area contributed by atoms with Crippen LogP contribution in [0.3, 0.4) is 0 Å². The number of piperidine rings is 1. The third-order valence-electron chi connectivity index (χ3n) is 6.52. The number of nitrogens with one attached hydrogen (secondary N) is 3. The summed E-state index contributed by atoms with van der Waals surface area (Å²) in [7, 11) is -6.86. The quantitative estimate of drug-likeness (QED) is 0.204. The fourth-order valence-electron chi connectivity index (χ4n) is 4.44. The summed E-state index contributed by atoms with van der Waals surface area (Å²) >= 11 is 0. The van der Waals surface area contributed by atoms with Gasteiger partial charge in [-0.3, -0.25) is 4.57 Å². The second-order valence-corrected chi connectivity index (χ2v) is 13.5. The van der Waals surface area contributed by atoms with Crippen LogP contribution >= 0.6 is 7.60 Å². The molecular formula is C27H35F2N6O5PS. The van der Waals surface area contributed by atoms with Gasteiger partial charge in [-0.1, -0.05) is 0 Å². The number of anilines is 4. The molecule has 0 saturated carbocycles. The van der Waals surface area contributed by atoms with Crippen molar-refractivity contribution in [1.29, 1.82) is 0 Å².